The minimum atomic E-state index is 0.207. The second-order valence-corrected chi connectivity index (χ2v) is 3.69. The van der Waals surface area contributed by atoms with Crippen molar-refractivity contribution in [3.63, 3.8) is 0 Å². The van der Waals surface area contributed by atoms with Crippen LogP contribution in [0.4, 0.5) is 0 Å². The van der Waals surface area contributed by atoms with Crippen LogP contribution in [0.3, 0.4) is 0 Å². The number of phenolic OH excluding ortho intramolecular Hbond substituents is 2. The highest BCUT2D eigenvalue weighted by molar-refractivity contribution is 9.10. The maximum Gasteiger partial charge on any atom is 0.130 e. The lowest BCUT2D eigenvalue weighted by Crippen LogP contribution is -1.74. The minimum absolute atomic E-state index is 0.207. The van der Waals surface area contributed by atoms with E-state index in [1.165, 1.54) is 0 Å². The topological polar surface area (TPSA) is 40.5 Å². The van der Waals surface area contributed by atoms with E-state index < -0.39 is 0 Å². The smallest absolute Gasteiger partial charge is 0.130 e. The van der Waals surface area contributed by atoms with E-state index >= 15 is 0 Å². The van der Waals surface area contributed by atoms with Crippen molar-refractivity contribution in [2.75, 3.05) is 0 Å². The highest BCUT2D eigenvalue weighted by atomic mass is 79.9. The Kier molecular flexibility index (Phi) is 1.88. The molecular formula is C10H7BrO2. The van der Waals surface area contributed by atoms with Crippen LogP contribution in [-0.4, -0.2) is 10.2 Å². The summed E-state index contributed by atoms with van der Waals surface area (Å²) in [5.41, 5.74) is 0. The van der Waals surface area contributed by atoms with Crippen LogP contribution in [0.5, 0.6) is 11.5 Å². The molecule has 0 aromatic heterocycles. The summed E-state index contributed by atoms with van der Waals surface area (Å²) in [5.74, 6) is 0.434. The Bertz CT molecular complexity index is 466. The lowest BCUT2D eigenvalue weighted by Gasteiger charge is -2.01. The third kappa shape index (κ3) is 1.47. The van der Waals surface area contributed by atoms with Gasteiger partial charge in [-0.05, 0) is 51.0 Å². The molecule has 0 radical (unpaired) electrons. The van der Waals surface area contributed by atoms with Gasteiger partial charge in [0.1, 0.15) is 11.5 Å². The molecule has 3 heteroatoms. The molecule has 0 aliphatic carbocycles. The van der Waals surface area contributed by atoms with Crippen LogP contribution in [0.15, 0.2) is 34.8 Å². The molecule has 0 spiro atoms. The van der Waals surface area contributed by atoms with Gasteiger partial charge in [-0.3, -0.25) is 0 Å². The largest absolute Gasteiger partial charge is 0.508 e. The maximum absolute atomic E-state index is 9.38. The van der Waals surface area contributed by atoms with Crippen molar-refractivity contribution in [3.05, 3.63) is 34.8 Å². The molecule has 2 aromatic rings. The Morgan fingerprint density at radius 2 is 1.69 bits per heavy atom. The number of hydrogen-bond donors (Lipinski definition) is 2. The van der Waals surface area contributed by atoms with Crippen molar-refractivity contribution in [2.45, 2.75) is 0 Å². The first kappa shape index (κ1) is 8.38. The predicted molar refractivity (Wildman–Crippen MR) is 55.0 cm³/mol. The lowest BCUT2D eigenvalue weighted by molar-refractivity contribution is 0.472. The number of halogens is 1. The van der Waals surface area contributed by atoms with Gasteiger partial charge in [0.25, 0.3) is 0 Å². The summed E-state index contributed by atoms with van der Waals surface area (Å²) in [6.07, 6.45) is 0. The van der Waals surface area contributed by atoms with E-state index in [9.17, 15) is 10.2 Å². The van der Waals surface area contributed by atoms with Gasteiger partial charge in [0.05, 0.1) is 4.47 Å². The van der Waals surface area contributed by atoms with Gasteiger partial charge in [-0.25, -0.2) is 0 Å². The fourth-order valence-corrected chi connectivity index (χ4v) is 1.61. The molecule has 0 saturated heterocycles. The third-order valence-electron chi connectivity index (χ3n) is 1.89. The molecule has 0 amide bonds. The van der Waals surface area contributed by atoms with E-state index in [-0.39, 0.29) is 11.5 Å². The molecule has 0 aliphatic rings. The molecule has 0 saturated carbocycles. The molecular weight excluding hydrogens is 232 g/mol. The molecule has 0 aliphatic heterocycles. The van der Waals surface area contributed by atoms with Gasteiger partial charge in [0, 0.05) is 0 Å². The standard InChI is InChI=1S/C10H7BrO2/c11-9-4-7-3-8(12)2-1-6(7)5-10(9)13/h1-5,12-13H. The summed E-state index contributed by atoms with van der Waals surface area (Å²) in [6, 6.07) is 8.43. The van der Waals surface area contributed by atoms with Crippen molar-refractivity contribution < 1.29 is 10.2 Å². The summed E-state index contributed by atoms with van der Waals surface area (Å²) in [6.45, 7) is 0. The van der Waals surface area contributed by atoms with Gasteiger partial charge >= 0.3 is 0 Å². The molecule has 13 heavy (non-hydrogen) atoms. The predicted octanol–water partition coefficient (Wildman–Crippen LogP) is 3.01. The van der Waals surface area contributed by atoms with Crippen LogP contribution >= 0.6 is 15.9 Å². The van der Waals surface area contributed by atoms with Crippen molar-refractivity contribution in [1.82, 2.24) is 0 Å². The zero-order chi connectivity index (χ0) is 9.42. The van der Waals surface area contributed by atoms with Crippen LogP contribution in [0, 0.1) is 0 Å². The number of hydrogen-bond acceptors (Lipinski definition) is 2. The highest BCUT2D eigenvalue weighted by Gasteiger charge is 2.01. The van der Waals surface area contributed by atoms with Crippen LogP contribution in [-0.2, 0) is 0 Å². The highest BCUT2D eigenvalue weighted by Crippen LogP contribution is 2.30. The zero-order valence-electron chi connectivity index (χ0n) is 6.66. The van der Waals surface area contributed by atoms with Crippen molar-refractivity contribution >= 4 is 26.7 Å². The average molecular weight is 239 g/mol. The Hall–Kier alpha value is -1.22. The molecule has 0 unspecified atom stereocenters. The number of fused-ring (bicyclic) bond motifs is 1. The Morgan fingerprint density at radius 1 is 0.923 bits per heavy atom. The number of aromatic hydroxyl groups is 2. The molecule has 2 nitrogen and oxygen atoms in total. The van der Waals surface area contributed by atoms with Gasteiger partial charge in [-0.1, -0.05) is 6.07 Å². The van der Waals surface area contributed by atoms with Crippen LogP contribution < -0.4 is 0 Å². The van der Waals surface area contributed by atoms with Gasteiger partial charge in [0.2, 0.25) is 0 Å². The molecule has 2 rings (SSSR count). The summed E-state index contributed by atoms with van der Waals surface area (Å²) < 4.78 is 0.630. The Balaban J connectivity index is 2.81. The van der Waals surface area contributed by atoms with Gasteiger partial charge in [-0.15, -0.1) is 0 Å². The van der Waals surface area contributed by atoms with Crippen LogP contribution in [0.25, 0.3) is 10.8 Å². The molecule has 2 aromatic carbocycles. The van der Waals surface area contributed by atoms with Crippen molar-refractivity contribution in [3.8, 4) is 11.5 Å². The van der Waals surface area contributed by atoms with E-state index in [0.29, 0.717) is 4.47 Å². The van der Waals surface area contributed by atoms with E-state index in [1.54, 1.807) is 30.3 Å². The van der Waals surface area contributed by atoms with Crippen LogP contribution in [0.2, 0.25) is 0 Å². The molecule has 0 bridgehead atoms. The fraction of sp³-hybridized carbons (Fsp3) is 0. The van der Waals surface area contributed by atoms with E-state index in [4.69, 9.17) is 0 Å². The van der Waals surface area contributed by atoms with Gasteiger partial charge < -0.3 is 10.2 Å². The Morgan fingerprint density at radius 3 is 2.46 bits per heavy atom. The Labute approximate surface area is 83.6 Å². The van der Waals surface area contributed by atoms with Crippen molar-refractivity contribution in [1.29, 1.82) is 0 Å². The molecule has 0 atom stereocenters. The normalized spacial score (nSPS) is 10.5. The fourth-order valence-electron chi connectivity index (χ4n) is 1.25. The van der Waals surface area contributed by atoms with E-state index in [0.717, 1.165) is 10.8 Å². The monoisotopic (exact) mass is 238 g/mol. The number of phenols is 2. The summed E-state index contributed by atoms with van der Waals surface area (Å²) in [4.78, 5) is 0. The summed E-state index contributed by atoms with van der Waals surface area (Å²) >= 11 is 3.21. The first-order valence-electron chi connectivity index (χ1n) is 3.78. The number of benzene rings is 2. The molecule has 2 N–H and O–H groups in total. The van der Waals surface area contributed by atoms with E-state index in [2.05, 4.69) is 15.9 Å². The SMILES string of the molecule is Oc1ccc2cc(O)c(Br)cc2c1. The second kappa shape index (κ2) is 2.92. The summed E-state index contributed by atoms with van der Waals surface area (Å²) in [7, 11) is 0. The van der Waals surface area contributed by atoms with Gasteiger partial charge in [-0.2, -0.15) is 0 Å². The first-order valence-corrected chi connectivity index (χ1v) is 4.57. The van der Waals surface area contributed by atoms with E-state index in [1.807, 2.05) is 0 Å². The molecule has 0 fully saturated rings. The first-order chi connectivity index (χ1) is 6.16. The maximum atomic E-state index is 9.38. The zero-order valence-corrected chi connectivity index (χ0v) is 8.25. The summed E-state index contributed by atoms with van der Waals surface area (Å²) in [5, 5.41) is 20.4. The third-order valence-corrected chi connectivity index (χ3v) is 2.52. The van der Waals surface area contributed by atoms with Crippen LogP contribution in [0.1, 0.15) is 0 Å². The minimum Gasteiger partial charge on any atom is -0.508 e. The second-order valence-electron chi connectivity index (χ2n) is 2.84. The molecule has 66 valence electrons. The van der Waals surface area contributed by atoms with Crippen molar-refractivity contribution in [2.24, 2.45) is 0 Å². The average Bonchev–Trinajstić information content (AvgIpc) is 2.08. The van der Waals surface area contributed by atoms with Gasteiger partial charge in [0.15, 0.2) is 0 Å². The lowest BCUT2D eigenvalue weighted by atomic mass is 10.1. The molecule has 0 heterocycles. The quantitative estimate of drug-likeness (QED) is 0.741. The number of rotatable bonds is 0.